The van der Waals surface area contributed by atoms with Crippen LogP contribution in [0.4, 0.5) is 6.01 Å². The summed E-state index contributed by atoms with van der Waals surface area (Å²) in [5, 5.41) is 14.1. The Balaban J connectivity index is 1.88. The largest absolute Gasteiger partial charge is 0.406 e. The first kappa shape index (κ1) is 12.3. The molecule has 0 spiro atoms. The third-order valence-corrected chi connectivity index (χ3v) is 3.16. The molecule has 0 saturated carbocycles. The second kappa shape index (κ2) is 5.01. The van der Waals surface area contributed by atoms with Gasteiger partial charge in [0.1, 0.15) is 0 Å². The van der Waals surface area contributed by atoms with Crippen LogP contribution in [-0.2, 0) is 4.74 Å². The highest BCUT2D eigenvalue weighted by atomic mass is 16.5. The number of hydrogen-bond donors (Lipinski definition) is 2. The van der Waals surface area contributed by atoms with Crippen molar-refractivity contribution in [3.8, 4) is 0 Å². The lowest BCUT2D eigenvalue weighted by Gasteiger charge is -2.22. The first-order valence-electron chi connectivity index (χ1n) is 6.01. The fourth-order valence-electron chi connectivity index (χ4n) is 1.84. The average molecular weight is 240 g/mol. The number of nitrogens with one attached hydrogen (secondary N) is 2. The minimum atomic E-state index is -0.108. The Labute approximate surface area is 101 Å². The number of anilines is 1. The molecular formula is C11H20N4O2. The number of rotatable bonds is 5. The van der Waals surface area contributed by atoms with Gasteiger partial charge in [-0.15, -0.1) is 5.10 Å². The molecule has 1 aromatic heterocycles. The van der Waals surface area contributed by atoms with Crippen molar-refractivity contribution in [3.63, 3.8) is 0 Å². The zero-order chi connectivity index (χ0) is 12.3. The van der Waals surface area contributed by atoms with Crippen molar-refractivity contribution in [1.82, 2.24) is 15.5 Å². The summed E-state index contributed by atoms with van der Waals surface area (Å²) in [7, 11) is 1.86. The summed E-state index contributed by atoms with van der Waals surface area (Å²) < 4.78 is 11.2. The quantitative estimate of drug-likeness (QED) is 0.809. The van der Waals surface area contributed by atoms with Gasteiger partial charge in [0, 0.05) is 13.2 Å². The monoisotopic (exact) mass is 240 g/mol. The SMILES string of the molecule is CNC(C)c1nnc(NCC2(C)CCCO2)o1. The van der Waals surface area contributed by atoms with E-state index in [9.17, 15) is 0 Å². The maximum atomic E-state index is 5.67. The van der Waals surface area contributed by atoms with Crippen molar-refractivity contribution in [1.29, 1.82) is 0 Å². The van der Waals surface area contributed by atoms with Crippen LogP contribution < -0.4 is 10.6 Å². The molecule has 96 valence electrons. The van der Waals surface area contributed by atoms with Crippen molar-refractivity contribution in [2.24, 2.45) is 0 Å². The molecule has 1 aliphatic heterocycles. The van der Waals surface area contributed by atoms with E-state index in [1.54, 1.807) is 0 Å². The highest BCUT2D eigenvalue weighted by Crippen LogP contribution is 2.25. The molecule has 6 heteroatoms. The molecule has 2 N–H and O–H groups in total. The second-order valence-electron chi connectivity index (χ2n) is 4.71. The molecule has 6 nitrogen and oxygen atoms in total. The molecule has 2 atom stereocenters. The van der Waals surface area contributed by atoms with Gasteiger partial charge in [-0.25, -0.2) is 0 Å². The molecule has 0 aromatic carbocycles. The highest BCUT2D eigenvalue weighted by Gasteiger charge is 2.30. The van der Waals surface area contributed by atoms with Gasteiger partial charge < -0.3 is 19.8 Å². The van der Waals surface area contributed by atoms with Crippen LogP contribution in [0.1, 0.15) is 38.6 Å². The molecule has 0 bridgehead atoms. The van der Waals surface area contributed by atoms with E-state index in [2.05, 4.69) is 27.8 Å². The van der Waals surface area contributed by atoms with Gasteiger partial charge in [-0.1, -0.05) is 5.10 Å². The second-order valence-corrected chi connectivity index (χ2v) is 4.71. The molecular weight excluding hydrogens is 220 g/mol. The molecule has 1 aromatic rings. The Morgan fingerprint density at radius 1 is 1.47 bits per heavy atom. The lowest BCUT2D eigenvalue weighted by Crippen LogP contribution is -2.32. The first-order valence-corrected chi connectivity index (χ1v) is 6.01. The molecule has 2 unspecified atom stereocenters. The van der Waals surface area contributed by atoms with E-state index in [4.69, 9.17) is 9.15 Å². The summed E-state index contributed by atoms with van der Waals surface area (Å²) >= 11 is 0. The van der Waals surface area contributed by atoms with Crippen molar-refractivity contribution in [2.75, 3.05) is 25.5 Å². The Bertz CT molecular complexity index is 360. The van der Waals surface area contributed by atoms with Crippen LogP contribution in [0.2, 0.25) is 0 Å². The van der Waals surface area contributed by atoms with E-state index in [1.165, 1.54) is 0 Å². The zero-order valence-electron chi connectivity index (χ0n) is 10.6. The van der Waals surface area contributed by atoms with Crippen molar-refractivity contribution in [2.45, 2.75) is 38.3 Å². The molecule has 1 fully saturated rings. The van der Waals surface area contributed by atoms with E-state index < -0.39 is 0 Å². The molecule has 1 saturated heterocycles. The zero-order valence-corrected chi connectivity index (χ0v) is 10.6. The van der Waals surface area contributed by atoms with Crippen LogP contribution in [0.5, 0.6) is 0 Å². The van der Waals surface area contributed by atoms with Crippen LogP contribution in [0.15, 0.2) is 4.42 Å². The highest BCUT2D eigenvalue weighted by molar-refractivity contribution is 5.18. The van der Waals surface area contributed by atoms with Crippen molar-refractivity contribution >= 4 is 6.01 Å². The molecule has 0 aliphatic carbocycles. The standard InChI is InChI=1S/C11H20N4O2/c1-8(12-3)9-14-15-10(17-9)13-7-11(2)5-4-6-16-11/h8,12H,4-7H2,1-3H3,(H,13,15). The van der Waals surface area contributed by atoms with E-state index in [-0.39, 0.29) is 11.6 Å². The maximum Gasteiger partial charge on any atom is 0.315 e. The summed E-state index contributed by atoms with van der Waals surface area (Å²) in [6.45, 7) is 5.60. The third kappa shape index (κ3) is 2.95. The summed E-state index contributed by atoms with van der Waals surface area (Å²) in [4.78, 5) is 0. The number of hydrogen-bond acceptors (Lipinski definition) is 6. The molecule has 0 radical (unpaired) electrons. The van der Waals surface area contributed by atoms with Gasteiger partial charge in [-0.05, 0) is 33.7 Å². The van der Waals surface area contributed by atoms with Gasteiger partial charge in [-0.2, -0.15) is 0 Å². The van der Waals surface area contributed by atoms with Crippen molar-refractivity contribution < 1.29 is 9.15 Å². The van der Waals surface area contributed by atoms with Gasteiger partial charge in [0.15, 0.2) is 0 Å². The maximum absolute atomic E-state index is 5.67. The predicted octanol–water partition coefficient (Wildman–Crippen LogP) is 1.33. The Kier molecular flexibility index (Phi) is 3.63. The Morgan fingerprint density at radius 3 is 2.94 bits per heavy atom. The summed E-state index contributed by atoms with van der Waals surface area (Å²) in [5.41, 5.74) is -0.108. The number of aromatic nitrogens is 2. The normalized spacial score (nSPS) is 26.1. The van der Waals surface area contributed by atoms with Crippen LogP contribution >= 0.6 is 0 Å². The summed E-state index contributed by atoms with van der Waals surface area (Å²) in [6.07, 6.45) is 2.18. The van der Waals surface area contributed by atoms with E-state index in [0.717, 1.165) is 19.4 Å². The minimum absolute atomic E-state index is 0.0661. The van der Waals surface area contributed by atoms with Crippen LogP contribution in [0, 0.1) is 0 Å². The summed E-state index contributed by atoms with van der Waals surface area (Å²) in [5.74, 6) is 0.590. The van der Waals surface area contributed by atoms with Crippen molar-refractivity contribution in [3.05, 3.63) is 5.89 Å². The van der Waals surface area contributed by atoms with Crippen LogP contribution in [0.3, 0.4) is 0 Å². The molecule has 0 amide bonds. The van der Waals surface area contributed by atoms with Crippen LogP contribution in [-0.4, -0.2) is 36.0 Å². The van der Waals surface area contributed by atoms with Gasteiger partial charge in [0.2, 0.25) is 5.89 Å². The summed E-state index contributed by atoms with van der Waals surface area (Å²) in [6, 6.07) is 0.523. The molecule has 17 heavy (non-hydrogen) atoms. The van der Waals surface area contributed by atoms with E-state index in [0.29, 0.717) is 18.5 Å². The third-order valence-electron chi connectivity index (χ3n) is 3.16. The topological polar surface area (TPSA) is 72.2 Å². The minimum Gasteiger partial charge on any atom is -0.406 e. The Morgan fingerprint density at radius 2 is 2.29 bits per heavy atom. The van der Waals surface area contributed by atoms with Gasteiger partial charge in [0.25, 0.3) is 0 Å². The fourth-order valence-corrected chi connectivity index (χ4v) is 1.84. The predicted molar refractivity (Wildman–Crippen MR) is 63.9 cm³/mol. The molecule has 1 aliphatic rings. The number of nitrogens with zero attached hydrogens (tertiary/aromatic N) is 2. The number of ether oxygens (including phenoxy) is 1. The fraction of sp³-hybridized carbons (Fsp3) is 0.818. The lowest BCUT2D eigenvalue weighted by molar-refractivity contribution is 0.0311. The lowest BCUT2D eigenvalue weighted by atomic mass is 10.0. The van der Waals surface area contributed by atoms with Crippen LogP contribution in [0.25, 0.3) is 0 Å². The van der Waals surface area contributed by atoms with E-state index >= 15 is 0 Å². The average Bonchev–Trinajstić information content (AvgIpc) is 2.95. The van der Waals surface area contributed by atoms with Gasteiger partial charge >= 0.3 is 6.01 Å². The molecule has 2 rings (SSSR count). The van der Waals surface area contributed by atoms with Gasteiger partial charge in [0.05, 0.1) is 11.6 Å². The van der Waals surface area contributed by atoms with Gasteiger partial charge in [-0.3, -0.25) is 0 Å². The smallest absolute Gasteiger partial charge is 0.315 e. The first-order chi connectivity index (χ1) is 8.13. The van der Waals surface area contributed by atoms with E-state index in [1.807, 2.05) is 14.0 Å². The Hall–Kier alpha value is -1.14. The molecule has 2 heterocycles.